The summed E-state index contributed by atoms with van der Waals surface area (Å²) in [4.78, 5) is 0. The van der Waals surface area contributed by atoms with Gasteiger partial charge >= 0.3 is 0 Å². The molecule has 0 aliphatic carbocycles. The van der Waals surface area contributed by atoms with Crippen LogP contribution in [0, 0.1) is 0 Å². The molecule has 112 valence electrons. The topological polar surface area (TPSA) is 45.5 Å². The molecule has 1 aromatic heterocycles. The molecule has 21 heavy (non-hydrogen) atoms. The molecular weight excluding hydrogens is 268 g/mol. The van der Waals surface area contributed by atoms with Gasteiger partial charge in [0.05, 0.1) is 12.3 Å². The molecule has 1 atom stereocenters. The molecule has 0 N–H and O–H groups in total. The van der Waals surface area contributed by atoms with E-state index in [2.05, 4.69) is 5.10 Å². The molecule has 1 saturated heterocycles. The van der Waals surface area contributed by atoms with E-state index < -0.39 is 0 Å². The standard InChI is InChI=1S/C16H20N2O3/c1-2-11-20-16(4-1)21-13-12-19-15-7-5-14(6-8-15)18-10-3-9-17-18/h3,5-10,16H,1-2,4,11-13H2/t16-/m0/s1. The van der Waals surface area contributed by atoms with Gasteiger partial charge in [0.1, 0.15) is 12.4 Å². The molecule has 2 heterocycles. The van der Waals surface area contributed by atoms with Crippen molar-refractivity contribution in [1.29, 1.82) is 0 Å². The van der Waals surface area contributed by atoms with Crippen LogP contribution >= 0.6 is 0 Å². The first-order chi connectivity index (χ1) is 10.4. The fourth-order valence-corrected chi connectivity index (χ4v) is 2.30. The maximum Gasteiger partial charge on any atom is 0.157 e. The number of ether oxygens (including phenoxy) is 3. The normalized spacial score (nSPS) is 18.6. The van der Waals surface area contributed by atoms with Crippen LogP contribution in [0.3, 0.4) is 0 Å². The molecule has 2 aromatic rings. The number of benzene rings is 1. The molecule has 0 bridgehead atoms. The molecule has 5 nitrogen and oxygen atoms in total. The Morgan fingerprint density at radius 3 is 2.81 bits per heavy atom. The number of hydrogen-bond donors (Lipinski definition) is 0. The lowest BCUT2D eigenvalue weighted by Crippen LogP contribution is -2.24. The van der Waals surface area contributed by atoms with E-state index in [1.165, 1.54) is 6.42 Å². The van der Waals surface area contributed by atoms with Gasteiger partial charge in [-0.25, -0.2) is 4.68 Å². The molecule has 0 spiro atoms. The zero-order valence-corrected chi connectivity index (χ0v) is 12.0. The highest BCUT2D eigenvalue weighted by atomic mass is 16.7. The highest BCUT2D eigenvalue weighted by Gasteiger charge is 2.13. The second kappa shape index (κ2) is 7.24. The van der Waals surface area contributed by atoms with E-state index in [-0.39, 0.29) is 6.29 Å². The third-order valence-corrected chi connectivity index (χ3v) is 3.40. The summed E-state index contributed by atoms with van der Waals surface area (Å²) in [6.45, 7) is 1.88. The van der Waals surface area contributed by atoms with Crippen LogP contribution in [0.1, 0.15) is 19.3 Å². The summed E-state index contributed by atoms with van der Waals surface area (Å²) in [5.74, 6) is 0.832. The third-order valence-electron chi connectivity index (χ3n) is 3.40. The van der Waals surface area contributed by atoms with Crippen LogP contribution in [0.4, 0.5) is 0 Å². The molecule has 1 aliphatic rings. The van der Waals surface area contributed by atoms with Crippen molar-refractivity contribution in [1.82, 2.24) is 9.78 Å². The van der Waals surface area contributed by atoms with Gasteiger partial charge in [-0.3, -0.25) is 0 Å². The number of hydrogen-bond acceptors (Lipinski definition) is 4. The minimum Gasteiger partial charge on any atom is -0.491 e. The van der Waals surface area contributed by atoms with Crippen molar-refractivity contribution in [3.63, 3.8) is 0 Å². The molecule has 0 radical (unpaired) electrons. The fourth-order valence-electron chi connectivity index (χ4n) is 2.30. The van der Waals surface area contributed by atoms with Crippen molar-refractivity contribution in [3.8, 4) is 11.4 Å². The minimum absolute atomic E-state index is 0.0514. The molecule has 1 fully saturated rings. The average molecular weight is 288 g/mol. The lowest BCUT2D eigenvalue weighted by Gasteiger charge is -2.22. The van der Waals surface area contributed by atoms with Gasteiger partial charge < -0.3 is 14.2 Å². The molecular formula is C16H20N2O3. The van der Waals surface area contributed by atoms with Gasteiger partial charge in [0.25, 0.3) is 0 Å². The monoisotopic (exact) mass is 288 g/mol. The van der Waals surface area contributed by atoms with Crippen LogP contribution in [0.25, 0.3) is 5.69 Å². The van der Waals surface area contributed by atoms with Crippen molar-refractivity contribution in [2.45, 2.75) is 25.6 Å². The Hall–Kier alpha value is -1.85. The van der Waals surface area contributed by atoms with Gasteiger partial charge in [0, 0.05) is 19.0 Å². The van der Waals surface area contributed by atoms with Crippen LogP contribution in [0.15, 0.2) is 42.7 Å². The van der Waals surface area contributed by atoms with Gasteiger partial charge in [-0.1, -0.05) is 0 Å². The van der Waals surface area contributed by atoms with Crippen molar-refractivity contribution in [3.05, 3.63) is 42.7 Å². The number of aromatic nitrogens is 2. The van der Waals surface area contributed by atoms with Crippen molar-refractivity contribution in [2.24, 2.45) is 0 Å². The summed E-state index contributed by atoms with van der Waals surface area (Å²) < 4.78 is 18.6. The fraction of sp³-hybridized carbons (Fsp3) is 0.438. The average Bonchev–Trinajstić information content (AvgIpc) is 3.08. The van der Waals surface area contributed by atoms with E-state index in [0.29, 0.717) is 13.2 Å². The van der Waals surface area contributed by atoms with Crippen LogP contribution in [0.2, 0.25) is 0 Å². The zero-order chi connectivity index (χ0) is 14.3. The van der Waals surface area contributed by atoms with Crippen LogP contribution in [0.5, 0.6) is 5.75 Å². The Balaban J connectivity index is 1.41. The Kier molecular flexibility index (Phi) is 4.86. The second-order valence-corrected chi connectivity index (χ2v) is 4.96. The minimum atomic E-state index is -0.0514. The van der Waals surface area contributed by atoms with E-state index >= 15 is 0 Å². The van der Waals surface area contributed by atoms with Gasteiger partial charge in [-0.15, -0.1) is 0 Å². The van der Waals surface area contributed by atoms with Crippen LogP contribution in [-0.2, 0) is 9.47 Å². The maximum absolute atomic E-state index is 5.66. The Morgan fingerprint density at radius 1 is 1.19 bits per heavy atom. The largest absolute Gasteiger partial charge is 0.491 e. The van der Waals surface area contributed by atoms with Crippen molar-refractivity contribution >= 4 is 0 Å². The molecule has 0 amide bonds. The third kappa shape index (κ3) is 4.06. The Bertz CT molecular complexity index is 519. The number of nitrogens with zero attached hydrogens (tertiary/aromatic N) is 2. The predicted molar refractivity (Wildman–Crippen MR) is 78.6 cm³/mol. The highest BCUT2D eigenvalue weighted by Crippen LogP contribution is 2.16. The van der Waals surface area contributed by atoms with Crippen LogP contribution in [-0.4, -0.2) is 35.9 Å². The lowest BCUT2D eigenvalue weighted by molar-refractivity contribution is -0.165. The second-order valence-electron chi connectivity index (χ2n) is 4.96. The number of rotatable bonds is 6. The molecule has 0 unspecified atom stereocenters. The first-order valence-corrected chi connectivity index (χ1v) is 7.38. The summed E-state index contributed by atoms with van der Waals surface area (Å²) in [5, 5.41) is 4.19. The molecule has 3 rings (SSSR count). The molecule has 1 aromatic carbocycles. The quantitative estimate of drug-likeness (QED) is 0.767. The van der Waals surface area contributed by atoms with E-state index in [9.17, 15) is 0 Å². The lowest BCUT2D eigenvalue weighted by atomic mass is 10.2. The zero-order valence-electron chi connectivity index (χ0n) is 12.0. The summed E-state index contributed by atoms with van der Waals surface area (Å²) in [5.41, 5.74) is 1.01. The molecule has 1 aliphatic heterocycles. The predicted octanol–water partition coefficient (Wildman–Crippen LogP) is 2.79. The Labute approximate surface area is 124 Å². The van der Waals surface area contributed by atoms with Gasteiger partial charge in [-0.2, -0.15) is 5.10 Å². The highest BCUT2D eigenvalue weighted by molar-refractivity contribution is 5.36. The van der Waals surface area contributed by atoms with Gasteiger partial charge in [0.2, 0.25) is 0 Å². The SMILES string of the molecule is c1cnn(-c2ccc(OCCO[C@H]3CCCCO3)cc2)c1. The maximum atomic E-state index is 5.66. The van der Waals surface area contributed by atoms with Crippen LogP contribution < -0.4 is 4.74 Å². The molecule has 5 heteroatoms. The summed E-state index contributed by atoms with van der Waals surface area (Å²) in [6, 6.07) is 9.73. The first kappa shape index (κ1) is 14.1. The summed E-state index contributed by atoms with van der Waals surface area (Å²) >= 11 is 0. The van der Waals surface area contributed by atoms with Gasteiger partial charge in [-0.05, 0) is 49.6 Å². The summed E-state index contributed by atoms with van der Waals surface area (Å²) in [6.07, 6.45) is 6.92. The summed E-state index contributed by atoms with van der Waals surface area (Å²) in [7, 11) is 0. The molecule has 0 saturated carbocycles. The van der Waals surface area contributed by atoms with Gasteiger partial charge in [0.15, 0.2) is 6.29 Å². The first-order valence-electron chi connectivity index (χ1n) is 7.38. The van der Waals surface area contributed by atoms with E-state index in [4.69, 9.17) is 14.2 Å². The Morgan fingerprint density at radius 2 is 2.10 bits per heavy atom. The van der Waals surface area contributed by atoms with Crippen molar-refractivity contribution < 1.29 is 14.2 Å². The van der Waals surface area contributed by atoms with Crippen molar-refractivity contribution in [2.75, 3.05) is 19.8 Å². The van der Waals surface area contributed by atoms with E-state index in [1.807, 2.05) is 41.2 Å². The van der Waals surface area contributed by atoms with E-state index in [0.717, 1.165) is 30.9 Å². The smallest absolute Gasteiger partial charge is 0.157 e. The van der Waals surface area contributed by atoms with E-state index in [1.54, 1.807) is 6.20 Å².